The Bertz CT molecular complexity index is 3550. The molecular weight excluding hydrogens is 721 g/mol. The molecule has 4 heterocycles. The summed E-state index contributed by atoms with van der Waals surface area (Å²) in [7, 11) is 0. The van der Waals surface area contributed by atoms with Crippen LogP contribution in [-0.2, 0) is 0 Å². The number of hydrogen-bond donors (Lipinski definition) is 0. The van der Waals surface area contributed by atoms with E-state index in [-0.39, 0.29) is 0 Å². The Morgan fingerprint density at radius 1 is 0.333 bits per heavy atom. The number of rotatable bonds is 5. The van der Waals surface area contributed by atoms with Crippen LogP contribution in [0.3, 0.4) is 0 Å². The standard InChI is InChI=1S/C50H28N4O2S/c1-2-10-30(11-3-1)47-52-48(33-12-8-13-35(25-33)50-51-46-36-14-5-4-9-29(36)18-23-42(46)56-50)54-49(53-47)34-17-21-37-39-26-31(19-22-41(39)55-43(37)28-34)32-20-24-45-40(27-32)38-15-6-7-16-44(38)57-45/h1-28H. The van der Waals surface area contributed by atoms with E-state index in [1.54, 1.807) is 0 Å². The molecule has 6 nitrogen and oxygen atoms in total. The Kier molecular flexibility index (Phi) is 7.00. The lowest BCUT2D eigenvalue weighted by atomic mass is 10.0. The molecule has 0 aliphatic heterocycles. The van der Waals surface area contributed by atoms with E-state index in [0.717, 1.165) is 71.6 Å². The lowest BCUT2D eigenvalue weighted by molar-refractivity contribution is 0.620. The van der Waals surface area contributed by atoms with Crippen molar-refractivity contribution >= 4 is 75.3 Å². The third-order valence-electron chi connectivity index (χ3n) is 10.8. The van der Waals surface area contributed by atoms with Crippen LogP contribution in [0.4, 0.5) is 0 Å². The highest BCUT2D eigenvalue weighted by molar-refractivity contribution is 7.25. The van der Waals surface area contributed by atoms with Gasteiger partial charge in [-0.25, -0.2) is 19.9 Å². The van der Waals surface area contributed by atoms with E-state index in [1.165, 1.54) is 25.7 Å². The molecule has 0 amide bonds. The molecule has 0 atom stereocenters. The van der Waals surface area contributed by atoms with Crippen molar-refractivity contribution in [2.45, 2.75) is 0 Å². The van der Waals surface area contributed by atoms with E-state index in [0.29, 0.717) is 23.4 Å². The summed E-state index contributed by atoms with van der Waals surface area (Å²) in [6.45, 7) is 0. The van der Waals surface area contributed by atoms with E-state index < -0.39 is 0 Å². The van der Waals surface area contributed by atoms with Crippen molar-refractivity contribution < 1.29 is 8.83 Å². The normalized spacial score (nSPS) is 11.9. The summed E-state index contributed by atoms with van der Waals surface area (Å²) in [4.78, 5) is 20.0. The van der Waals surface area contributed by atoms with Gasteiger partial charge in [0, 0.05) is 58.6 Å². The molecule has 12 aromatic rings. The van der Waals surface area contributed by atoms with Crippen LogP contribution in [0.15, 0.2) is 179 Å². The van der Waals surface area contributed by atoms with Crippen LogP contribution in [-0.4, -0.2) is 19.9 Å². The van der Waals surface area contributed by atoms with Gasteiger partial charge in [-0.05, 0) is 77.2 Å². The van der Waals surface area contributed by atoms with Crippen molar-refractivity contribution in [2.75, 3.05) is 0 Å². The van der Waals surface area contributed by atoms with Crippen LogP contribution < -0.4 is 0 Å². The van der Waals surface area contributed by atoms with Crippen molar-refractivity contribution in [1.82, 2.24) is 19.9 Å². The number of nitrogens with zero attached hydrogens (tertiary/aromatic N) is 4. The zero-order valence-electron chi connectivity index (χ0n) is 30.2. The predicted octanol–water partition coefficient (Wildman–Crippen LogP) is 13.8. The molecule has 0 saturated heterocycles. The highest BCUT2D eigenvalue weighted by Crippen LogP contribution is 2.39. The van der Waals surface area contributed by atoms with E-state index in [2.05, 4.69) is 91.0 Å². The van der Waals surface area contributed by atoms with Crippen molar-refractivity contribution in [3.8, 4) is 56.7 Å². The molecule has 0 saturated carbocycles. The van der Waals surface area contributed by atoms with Crippen LogP contribution in [0.25, 0.3) is 121 Å². The SMILES string of the molecule is c1ccc(-c2nc(-c3cccc(-c4nc5c(ccc6ccccc65)o4)c3)nc(-c3ccc4c(c3)oc3ccc(-c5ccc6sc7ccccc7c6c5)cc34)n2)cc1. The monoisotopic (exact) mass is 748 g/mol. The first-order valence-electron chi connectivity index (χ1n) is 18.8. The molecule has 0 N–H and O–H groups in total. The largest absolute Gasteiger partial charge is 0.456 e. The molecule has 266 valence electrons. The Labute approximate surface area is 329 Å². The lowest BCUT2D eigenvalue weighted by Gasteiger charge is -2.09. The summed E-state index contributed by atoms with van der Waals surface area (Å²) < 4.78 is 15.4. The Morgan fingerprint density at radius 3 is 1.86 bits per heavy atom. The van der Waals surface area contributed by atoms with Gasteiger partial charge in [-0.15, -0.1) is 11.3 Å². The molecule has 4 aromatic heterocycles. The second-order valence-electron chi connectivity index (χ2n) is 14.2. The molecular formula is C50H28N4O2S. The number of aromatic nitrogens is 4. The topological polar surface area (TPSA) is 77.8 Å². The minimum Gasteiger partial charge on any atom is -0.456 e. The zero-order valence-corrected chi connectivity index (χ0v) is 31.0. The van der Waals surface area contributed by atoms with E-state index in [4.69, 9.17) is 28.8 Å². The third-order valence-corrected chi connectivity index (χ3v) is 11.9. The number of oxazole rings is 1. The summed E-state index contributed by atoms with van der Waals surface area (Å²) in [5.41, 5.74) is 8.91. The summed E-state index contributed by atoms with van der Waals surface area (Å²) in [5.74, 6) is 2.22. The van der Waals surface area contributed by atoms with Crippen LogP contribution in [0.5, 0.6) is 0 Å². The Morgan fingerprint density at radius 2 is 0.982 bits per heavy atom. The molecule has 8 aromatic carbocycles. The van der Waals surface area contributed by atoms with Gasteiger partial charge in [0.2, 0.25) is 5.89 Å². The van der Waals surface area contributed by atoms with Gasteiger partial charge in [0.05, 0.1) is 0 Å². The van der Waals surface area contributed by atoms with Gasteiger partial charge in [-0.3, -0.25) is 0 Å². The van der Waals surface area contributed by atoms with Crippen LogP contribution in [0.2, 0.25) is 0 Å². The second kappa shape index (κ2) is 12.5. The molecule has 57 heavy (non-hydrogen) atoms. The molecule has 0 aliphatic rings. The molecule has 7 heteroatoms. The van der Waals surface area contributed by atoms with E-state index in [1.807, 2.05) is 90.2 Å². The first-order chi connectivity index (χ1) is 28.2. The van der Waals surface area contributed by atoms with Gasteiger partial charge in [0.25, 0.3) is 0 Å². The van der Waals surface area contributed by atoms with Gasteiger partial charge in [0.15, 0.2) is 23.1 Å². The number of benzene rings is 8. The fourth-order valence-electron chi connectivity index (χ4n) is 7.93. The minimum absolute atomic E-state index is 0.541. The minimum atomic E-state index is 0.541. The second-order valence-corrected chi connectivity index (χ2v) is 15.3. The molecule has 0 fully saturated rings. The summed E-state index contributed by atoms with van der Waals surface area (Å²) >= 11 is 1.83. The molecule has 0 bridgehead atoms. The van der Waals surface area contributed by atoms with Crippen LogP contribution in [0.1, 0.15) is 0 Å². The van der Waals surface area contributed by atoms with Crippen molar-refractivity contribution in [2.24, 2.45) is 0 Å². The smallest absolute Gasteiger partial charge is 0.227 e. The number of furan rings is 1. The Balaban J connectivity index is 0.947. The van der Waals surface area contributed by atoms with Crippen molar-refractivity contribution in [1.29, 1.82) is 0 Å². The van der Waals surface area contributed by atoms with E-state index in [9.17, 15) is 0 Å². The van der Waals surface area contributed by atoms with Gasteiger partial charge in [-0.1, -0.05) is 109 Å². The average Bonchev–Trinajstić information content (AvgIpc) is 3.99. The summed E-state index contributed by atoms with van der Waals surface area (Å²) in [6, 6.07) is 58.3. The maximum Gasteiger partial charge on any atom is 0.227 e. The maximum absolute atomic E-state index is 6.48. The van der Waals surface area contributed by atoms with Gasteiger partial charge in [0.1, 0.15) is 16.7 Å². The van der Waals surface area contributed by atoms with Crippen LogP contribution >= 0.6 is 11.3 Å². The number of hydrogen-bond acceptors (Lipinski definition) is 7. The first kappa shape index (κ1) is 31.8. The van der Waals surface area contributed by atoms with Gasteiger partial charge in [-0.2, -0.15) is 0 Å². The molecule has 12 rings (SSSR count). The maximum atomic E-state index is 6.48. The quantitative estimate of drug-likeness (QED) is 0.174. The molecule has 0 aliphatic carbocycles. The van der Waals surface area contributed by atoms with E-state index >= 15 is 0 Å². The molecule has 0 unspecified atom stereocenters. The molecule has 0 radical (unpaired) electrons. The highest BCUT2D eigenvalue weighted by atomic mass is 32.1. The summed E-state index contributed by atoms with van der Waals surface area (Å²) in [5, 5.41) is 6.86. The predicted molar refractivity (Wildman–Crippen MR) is 232 cm³/mol. The Hall–Kier alpha value is -7.48. The number of fused-ring (bicyclic) bond motifs is 9. The first-order valence-corrected chi connectivity index (χ1v) is 19.6. The third kappa shape index (κ3) is 5.32. The average molecular weight is 749 g/mol. The molecule has 0 spiro atoms. The highest BCUT2D eigenvalue weighted by Gasteiger charge is 2.18. The number of thiophene rings is 1. The lowest BCUT2D eigenvalue weighted by Crippen LogP contribution is -2.00. The fraction of sp³-hybridized carbons (Fsp3) is 0. The fourth-order valence-corrected chi connectivity index (χ4v) is 9.01. The van der Waals surface area contributed by atoms with Gasteiger partial charge >= 0.3 is 0 Å². The van der Waals surface area contributed by atoms with Crippen LogP contribution in [0, 0.1) is 0 Å². The van der Waals surface area contributed by atoms with Crippen molar-refractivity contribution in [3.63, 3.8) is 0 Å². The summed E-state index contributed by atoms with van der Waals surface area (Å²) in [6.07, 6.45) is 0. The van der Waals surface area contributed by atoms with Gasteiger partial charge < -0.3 is 8.83 Å². The zero-order chi connectivity index (χ0) is 37.5. The van der Waals surface area contributed by atoms with Crippen molar-refractivity contribution in [3.05, 3.63) is 170 Å².